The van der Waals surface area contributed by atoms with Gasteiger partial charge in [0.1, 0.15) is 5.82 Å². The molecule has 1 unspecified atom stereocenters. The number of nitrogens with one attached hydrogen (secondary N) is 1. The Morgan fingerprint density at radius 1 is 1.59 bits per heavy atom. The van der Waals surface area contributed by atoms with Crippen molar-refractivity contribution >= 4 is 0 Å². The molecule has 1 aliphatic heterocycles. The first-order valence-corrected chi connectivity index (χ1v) is 5.99. The van der Waals surface area contributed by atoms with Crippen molar-refractivity contribution in [1.82, 2.24) is 15.3 Å². The molecule has 0 bridgehead atoms. The Morgan fingerprint density at radius 2 is 2.53 bits per heavy atom. The lowest BCUT2D eigenvalue weighted by Gasteiger charge is -2.08. The van der Waals surface area contributed by atoms with E-state index in [2.05, 4.69) is 15.3 Å². The van der Waals surface area contributed by atoms with E-state index in [1.54, 1.807) is 7.11 Å². The number of nitrogens with zero attached hydrogens (tertiary/aromatic N) is 2. The predicted octanol–water partition coefficient (Wildman–Crippen LogP) is 0.716. The molecular formula is C12H19N3O2. The van der Waals surface area contributed by atoms with Crippen molar-refractivity contribution in [3.8, 4) is 0 Å². The van der Waals surface area contributed by atoms with Gasteiger partial charge in [-0.15, -0.1) is 0 Å². The van der Waals surface area contributed by atoms with E-state index in [1.807, 2.05) is 12.3 Å². The van der Waals surface area contributed by atoms with E-state index < -0.39 is 0 Å². The number of rotatable bonds is 6. The minimum atomic E-state index is 0.369. The second-order valence-corrected chi connectivity index (χ2v) is 4.14. The van der Waals surface area contributed by atoms with E-state index >= 15 is 0 Å². The number of methoxy groups -OCH3 is 1. The van der Waals surface area contributed by atoms with Crippen LogP contribution in [0, 0.1) is 0 Å². The molecule has 0 radical (unpaired) electrons. The van der Waals surface area contributed by atoms with Crippen LogP contribution in [0.4, 0.5) is 0 Å². The van der Waals surface area contributed by atoms with Crippen LogP contribution in [0.15, 0.2) is 12.3 Å². The lowest BCUT2D eigenvalue weighted by Crippen LogP contribution is -2.20. The molecule has 17 heavy (non-hydrogen) atoms. The number of hydrogen-bond acceptors (Lipinski definition) is 5. The topological polar surface area (TPSA) is 56.3 Å². The van der Waals surface area contributed by atoms with Crippen LogP contribution >= 0.6 is 0 Å². The smallest absolute Gasteiger partial charge is 0.134 e. The summed E-state index contributed by atoms with van der Waals surface area (Å²) in [6.07, 6.45) is 2.86. The van der Waals surface area contributed by atoms with E-state index in [-0.39, 0.29) is 0 Å². The Labute approximate surface area is 102 Å². The van der Waals surface area contributed by atoms with Crippen LogP contribution in [0.5, 0.6) is 0 Å². The summed E-state index contributed by atoms with van der Waals surface area (Å²) in [5.74, 6) is 1.28. The predicted molar refractivity (Wildman–Crippen MR) is 63.8 cm³/mol. The average Bonchev–Trinajstić information content (AvgIpc) is 2.89. The molecule has 1 saturated heterocycles. The minimum Gasteiger partial charge on any atom is -0.383 e. The van der Waals surface area contributed by atoms with Crippen LogP contribution in [0.2, 0.25) is 0 Å². The summed E-state index contributed by atoms with van der Waals surface area (Å²) in [5.41, 5.74) is 1.03. The van der Waals surface area contributed by atoms with Crippen LogP contribution in [-0.4, -0.2) is 43.4 Å². The highest BCUT2D eigenvalue weighted by atomic mass is 16.5. The molecule has 5 nitrogen and oxygen atoms in total. The van der Waals surface area contributed by atoms with E-state index in [1.165, 1.54) is 0 Å². The van der Waals surface area contributed by atoms with Gasteiger partial charge in [-0.1, -0.05) is 0 Å². The molecule has 1 N–H and O–H groups in total. The maximum absolute atomic E-state index is 5.35. The van der Waals surface area contributed by atoms with Gasteiger partial charge in [-0.3, -0.25) is 0 Å². The molecule has 94 valence electrons. The molecule has 1 aromatic heterocycles. The molecule has 2 heterocycles. The molecule has 1 fully saturated rings. The highest BCUT2D eigenvalue weighted by molar-refractivity contribution is 5.06. The standard InChI is InChI=1S/C12H19N3O2/c1-16-7-5-13-8-11-2-4-14-12(15-11)10-3-6-17-9-10/h2,4,10,13H,3,5-9H2,1H3. The Hall–Kier alpha value is -1.04. The van der Waals surface area contributed by atoms with Crippen LogP contribution in [0.3, 0.4) is 0 Å². The molecule has 0 aromatic carbocycles. The van der Waals surface area contributed by atoms with Gasteiger partial charge in [0.2, 0.25) is 0 Å². The van der Waals surface area contributed by atoms with Gasteiger partial charge in [-0.2, -0.15) is 0 Å². The molecule has 1 aromatic rings. The monoisotopic (exact) mass is 237 g/mol. The largest absolute Gasteiger partial charge is 0.383 e. The third-order valence-corrected chi connectivity index (χ3v) is 2.82. The average molecular weight is 237 g/mol. The number of hydrogen-bond donors (Lipinski definition) is 1. The maximum atomic E-state index is 5.35. The zero-order chi connectivity index (χ0) is 11.9. The molecule has 1 aliphatic rings. The van der Waals surface area contributed by atoms with Gasteiger partial charge >= 0.3 is 0 Å². The van der Waals surface area contributed by atoms with Crippen molar-refractivity contribution in [2.45, 2.75) is 18.9 Å². The summed E-state index contributed by atoms with van der Waals surface area (Å²) in [5, 5.41) is 3.27. The van der Waals surface area contributed by atoms with Crippen molar-refractivity contribution < 1.29 is 9.47 Å². The second kappa shape index (κ2) is 6.64. The Bertz CT molecular complexity index is 340. The molecule has 1 atom stereocenters. The highest BCUT2D eigenvalue weighted by Crippen LogP contribution is 2.21. The molecule has 0 amide bonds. The highest BCUT2D eigenvalue weighted by Gasteiger charge is 2.20. The lowest BCUT2D eigenvalue weighted by atomic mass is 10.1. The molecule has 0 spiro atoms. The van der Waals surface area contributed by atoms with Gasteiger partial charge in [-0.05, 0) is 12.5 Å². The zero-order valence-corrected chi connectivity index (χ0v) is 10.2. The van der Waals surface area contributed by atoms with Gasteiger partial charge in [0, 0.05) is 38.9 Å². The van der Waals surface area contributed by atoms with Crippen LogP contribution in [0.25, 0.3) is 0 Å². The molecular weight excluding hydrogens is 218 g/mol. The molecule has 0 aliphatic carbocycles. The number of aromatic nitrogens is 2. The first kappa shape index (κ1) is 12.4. The summed E-state index contributed by atoms with van der Waals surface area (Å²) in [4.78, 5) is 8.88. The normalized spacial score (nSPS) is 19.7. The van der Waals surface area contributed by atoms with Crippen molar-refractivity contribution in [3.63, 3.8) is 0 Å². The summed E-state index contributed by atoms with van der Waals surface area (Å²) in [6.45, 7) is 3.88. The Balaban J connectivity index is 1.87. The summed E-state index contributed by atoms with van der Waals surface area (Å²) < 4.78 is 10.3. The zero-order valence-electron chi connectivity index (χ0n) is 10.2. The first-order valence-electron chi connectivity index (χ1n) is 5.99. The fourth-order valence-corrected chi connectivity index (χ4v) is 1.84. The van der Waals surface area contributed by atoms with Crippen LogP contribution < -0.4 is 5.32 Å². The third-order valence-electron chi connectivity index (χ3n) is 2.82. The van der Waals surface area contributed by atoms with E-state index in [4.69, 9.17) is 9.47 Å². The van der Waals surface area contributed by atoms with Gasteiger partial charge in [-0.25, -0.2) is 9.97 Å². The number of ether oxygens (including phenoxy) is 2. The molecule has 5 heteroatoms. The van der Waals surface area contributed by atoms with Gasteiger partial charge in [0.25, 0.3) is 0 Å². The quantitative estimate of drug-likeness (QED) is 0.739. The first-order chi connectivity index (χ1) is 8.40. The summed E-state index contributed by atoms with van der Waals surface area (Å²) in [6, 6.07) is 1.94. The van der Waals surface area contributed by atoms with Crippen molar-refractivity contribution in [2.24, 2.45) is 0 Å². The maximum Gasteiger partial charge on any atom is 0.134 e. The molecule has 2 rings (SSSR count). The molecule has 0 saturated carbocycles. The second-order valence-electron chi connectivity index (χ2n) is 4.14. The van der Waals surface area contributed by atoms with Crippen LogP contribution in [-0.2, 0) is 16.0 Å². The fourth-order valence-electron chi connectivity index (χ4n) is 1.84. The van der Waals surface area contributed by atoms with E-state index in [9.17, 15) is 0 Å². The summed E-state index contributed by atoms with van der Waals surface area (Å²) >= 11 is 0. The van der Waals surface area contributed by atoms with E-state index in [0.717, 1.165) is 44.2 Å². The fraction of sp³-hybridized carbons (Fsp3) is 0.667. The van der Waals surface area contributed by atoms with Crippen molar-refractivity contribution in [1.29, 1.82) is 0 Å². The van der Waals surface area contributed by atoms with Gasteiger partial charge < -0.3 is 14.8 Å². The SMILES string of the molecule is COCCNCc1ccnc(C2CCOC2)n1. The van der Waals surface area contributed by atoms with Gasteiger partial charge in [0.15, 0.2) is 0 Å². The third kappa shape index (κ3) is 3.73. The van der Waals surface area contributed by atoms with Gasteiger partial charge in [0.05, 0.1) is 18.9 Å². The summed E-state index contributed by atoms with van der Waals surface area (Å²) in [7, 11) is 1.70. The van der Waals surface area contributed by atoms with Crippen LogP contribution in [0.1, 0.15) is 23.9 Å². The van der Waals surface area contributed by atoms with Crippen molar-refractivity contribution in [3.05, 3.63) is 23.8 Å². The Morgan fingerprint density at radius 3 is 3.29 bits per heavy atom. The van der Waals surface area contributed by atoms with Crippen molar-refractivity contribution in [2.75, 3.05) is 33.5 Å². The van der Waals surface area contributed by atoms with E-state index in [0.29, 0.717) is 12.5 Å². The Kier molecular flexibility index (Phi) is 4.85. The minimum absolute atomic E-state index is 0.369. The lowest BCUT2D eigenvalue weighted by molar-refractivity contribution is 0.193.